The minimum absolute atomic E-state index is 0.284. The lowest BCUT2D eigenvalue weighted by atomic mass is 10.2. The SMILES string of the molecule is Nc1ccc2nnc(-c3ccc(F)cc3Cl)n2c1. The monoisotopic (exact) mass is 262 g/mol. The smallest absolute Gasteiger partial charge is 0.169 e. The third-order valence-corrected chi connectivity index (χ3v) is 2.91. The minimum Gasteiger partial charge on any atom is -0.398 e. The number of aromatic nitrogens is 3. The van der Waals surface area contributed by atoms with Gasteiger partial charge in [0.1, 0.15) is 5.82 Å². The van der Waals surface area contributed by atoms with Gasteiger partial charge in [0, 0.05) is 17.4 Å². The van der Waals surface area contributed by atoms with E-state index in [0.717, 1.165) is 0 Å². The summed E-state index contributed by atoms with van der Waals surface area (Å²) in [6, 6.07) is 7.62. The standard InChI is InChI=1S/C12H8ClFN4/c13-10-5-7(14)1-3-9(10)12-17-16-11-4-2-8(15)6-18(11)12/h1-6H,15H2. The summed E-state index contributed by atoms with van der Waals surface area (Å²) in [5.41, 5.74) is 7.57. The van der Waals surface area contributed by atoms with E-state index in [-0.39, 0.29) is 5.02 Å². The molecule has 0 amide bonds. The summed E-state index contributed by atoms with van der Waals surface area (Å²) in [6.07, 6.45) is 1.70. The fourth-order valence-electron chi connectivity index (χ4n) is 1.76. The van der Waals surface area contributed by atoms with Crippen LogP contribution in [-0.2, 0) is 0 Å². The lowest BCUT2D eigenvalue weighted by molar-refractivity contribution is 0.628. The molecule has 0 unspecified atom stereocenters. The van der Waals surface area contributed by atoms with Crippen molar-refractivity contribution in [3.8, 4) is 11.4 Å². The van der Waals surface area contributed by atoms with E-state index in [9.17, 15) is 4.39 Å². The number of hydrogen-bond acceptors (Lipinski definition) is 3. The van der Waals surface area contributed by atoms with Crippen LogP contribution in [0.1, 0.15) is 0 Å². The van der Waals surface area contributed by atoms with Crippen LogP contribution in [0.15, 0.2) is 36.5 Å². The van der Waals surface area contributed by atoms with Gasteiger partial charge in [0.15, 0.2) is 11.5 Å². The zero-order valence-electron chi connectivity index (χ0n) is 9.14. The van der Waals surface area contributed by atoms with Crippen LogP contribution in [0.5, 0.6) is 0 Å². The molecule has 1 aromatic carbocycles. The molecule has 2 N–H and O–H groups in total. The third kappa shape index (κ3) is 1.69. The van der Waals surface area contributed by atoms with Crippen molar-refractivity contribution in [2.45, 2.75) is 0 Å². The number of nitrogens with zero attached hydrogens (tertiary/aromatic N) is 3. The van der Waals surface area contributed by atoms with Gasteiger partial charge in [-0.25, -0.2) is 4.39 Å². The number of nitrogen functional groups attached to an aromatic ring is 1. The van der Waals surface area contributed by atoms with E-state index >= 15 is 0 Å². The highest BCUT2D eigenvalue weighted by Gasteiger charge is 2.12. The maximum absolute atomic E-state index is 13.0. The van der Waals surface area contributed by atoms with Crippen molar-refractivity contribution in [1.29, 1.82) is 0 Å². The second-order valence-corrected chi connectivity index (χ2v) is 4.25. The molecular formula is C12H8ClFN4. The molecule has 6 heteroatoms. The van der Waals surface area contributed by atoms with Crippen LogP contribution in [0, 0.1) is 5.82 Å². The Morgan fingerprint density at radius 1 is 1.17 bits per heavy atom. The molecule has 3 aromatic rings. The van der Waals surface area contributed by atoms with E-state index in [1.54, 1.807) is 28.8 Å². The van der Waals surface area contributed by atoms with E-state index in [1.165, 1.54) is 12.1 Å². The number of nitrogens with two attached hydrogens (primary N) is 1. The highest BCUT2D eigenvalue weighted by Crippen LogP contribution is 2.27. The quantitative estimate of drug-likeness (QED) is 0.734. The predicted molar refractivity (Wildman–Crippen MR) is 67.8 cm³/mol. The Morgan fingerprint density at radius 3 is 2.78 bits per heavy atom. The van der Waals surface area contributed by atoms with Crippen LogP contribution in [0.2, 0.25) is 5.02 Å². The fourth-order valence-corrected chi connectivity index (χ4v) is 2.01. The first-order valence-corrected chi connectivity index (χ1v) is 5.58. The predicted octanol–water partition coefficient (Wildman–Crippen LogP) is 2.77. The van der Waals surface area contributed by atoms with Gasteiger partial charge in [-0.3, -0.25) is 4.40 Å². The van der Waals surface area contributed by atoms with Gasteiger partial charge in [0.2, 0.25) is 0 Å². The molecular weight excluding hydrogens is 255 g/mol. The van der Waals surface area contributed by atoms with Gasteiger partial charge in [-0.2, -0.15) is 0 Å². The lowest BCUT2D eigenvalue weighted by Gasteiger charge is -2.03. The zero-order chi connectivity index (χ0) is 12.7. The van der Waals surface area contributed by atoms with Gasteiger partial charge in [-0.1, -0.05) is 11.6 Å². The number of hydrogen-bond donors (Lipinski definition) is 1. The lowest BCUT2D eigenvalue weighted by Crippen LogP contribution is -1.93. The molecule has 0 aliphatic heterocycles. The summed E-state index contributed by atoms with van der Waals surface area (Å²) in [6.45, 7) is 0. The summed E-state index contributed by atoms with van der Waals surface area (Å²) in [4.78, 5) is 0. The maximum atomic E-state index is 13.0. The molecule has 3 rings (SSSR count). The average Bonchev–Trinajstić information content (AvgIpc) is 2.72. The second kappa shape index (κ2) is 3.96. The van der Waals surface area contributed by atoms with Crippen LogP contribution >= 0.6 is 11.6 Å². The summed E-state index contributed by atoms with van der Waals surface area (Å²) < 4.78 is 14.7. The molecule has 0 aliphatic carbocycles. The Hall–Kier alpha value is -2.14. The van der Waals surface area contributed by atoms with Gasteiger partial charge in [-0.05, 0) is 30.3 Å². The maximum Gasteiger partial charge on any atom is 0.169 e. The van der Waals surface area contributed by atoms with Crippen LogP contribution in [0.25, 0.3) is 17.0 Å². The first-order valence-electron chi connectivity index (χ1n) is 5.21. The van der Waals surface area contributed by atoms with Crippen LogP contribution < -0.4 is 5.73 Å². The van der Waals surface area contributed by atoms with Crippen LogP contribution in [-0.4, -0.2) is 14.6 Å². The molecule has 90 valence electrons. The number of fused-ring (bicyclic) bond motifs is 1. The summed E-state index contributed by atoms with van der Waals surface area (Å²) in [7, 11) is 0. The molecule has 2 aromatic heterocycles. The third-order valence-electron chi connectivity index (χ3n) is 2.60. The molecule has 0 fully saturated rings. The molecule has 0 saturated carbocycles. The molecule has 4 nitrogen and oxygen atoms in total. The van der Waals surface area contributed by atoms with Crippen molar-refractivity contribution in [3.63, 3.8) is 0 Å². The number of anilines is 1. The first kappa shape index (κ1) is 11.0. The Bertz CT molecular complexity index is 738. The number of halogens is 2. The van der Waals surface area contributed by atoms with Gasteiger partial charge in [0.25, 0.3) is 0 Å². The molecule has 2 heterocycles. The van der Waals surface area contributed by atoms with Crippen molar-refractivity contribution in [1.82, 2.24) is 14.6 Å². The number of benzene rings is 1. The molecule has 0 aliphatic rings. The molecule has 0 radical (unpaired) electrons. The molecule has 0 saturated heterocycles. The summed E-state index contributed by atoms with van der Waals surface area (Å²) in [5, 5.41) is 8.34. The van der Waals surface area contributed by atoms with E-state index in [2.05, 4.69) is 10.2 Å². The number of rotatable bonds is 1. The highest BCUT2D eigenvalue weighted by molar-refractivity contribution is 6.33. The van der Waals surface area contributed by atoms with E-state index < -0.39 is 5.82 Å². The van der Waals surface area contributed by atoms with Crippen molar-refractivity contribution >= 4 is 22.9 Å². The fraction of sp³-hybridized carbons (Fsp3) is 0. The Balaban J connectivity index is 2.28. The van der Waals surface area contributed by atoms with E-state index in [1.807, 2.05) is 0 Å². The normalized spacial score (nSPS) is 11.0. The minimum atomic E-state index is -0.392. The summed E-state index contributed by atoms with van der Waals surface area (Å²) in [5.74, 6) is 0.138. The van der Waals surface area contributed by atoms with Gasteiger partial charge in [-0.15, -0.1) is 10.2 Å². The van der Waals surface area contributed by atoms with E-state index in [4.69, 9.17) is 17.3 Å². The molecule has 0 spiro atoms. The molecule has 0 bridgehead atoms. The first-order chi connectivity index (χ1) is 8.65. The highest BCUT2D eigenvalue weighted by atomic mass is 35.5. The zero-order valence-corrected chi connectivity index (χ0v) is 9.89. The number of pyridine rings is 1. The Kier molecular flexibility index (Phi) is 2.41. The summed E-state index contributed by atoms with van der Waals surface area (Å²) >= 11 is 6.01. The van der Waals surface area contributed by atoms with Crippen molar-refractivity contribution in [3.05, 3.63) is 47.4 Å². The van der Waals surface area contributed by atoms with Crippen LogP contribution in [0.4, 0.5) is 10.1 Å². The van der Waals surface area contributed by atoms with Crippen molar-refractivity contribution in [2.75, 3.05) is 5.73 Å². The van der Waals surface area contributed by atoms with E-state index in [0.29, 0.717) is 22.7 Å². The molecule has 18 heavy (non-hydrogen) atoms. The average molecular weight is 263 g/mol. The van der Waals surface area contributed by atoms with Gasteiger partial charge in [0.05, 0.1) is 5.02 Å². The second-order valence-electron chi connectivity index (χ2n) is 3.84. The van der Waals surface area contributed by atoms with Crippen molar-refractivity contribution < 1.29 is 4.39 Å². The molecule has 0 atom stereocenters. The topological polar surface area (TPSA) is 56.2 Å². The largest absolute Gasteiger partial charge is 0.398 e. The Labute approximate surface area is 107 Å². The Morgan fingerprint density at radius 2 is 2.00 bits per heavy atom. The van der Waals surface area contributed by atoms with Gasteiger partial charge < -0.3 is 5.73 Å². The van der Waals surface area contributed by atoms with Crippen molar-refractivity contribution in [2.24, 2.45) is 0 Å². The van der Waals surface area contributed by atoms with Crippen LogP contribution in [0.3, 0.4) is 0 Å². The van der Waals surface area contributed by atoms with Gasteiger partial charge >= 0.3 is 0 Å².